The normalized spacial score (nSPS) is 18.4. The van der Waals surface area contributed by atoms with Crippen LogP contribution in [0, 0.1) is 43.9 Å². The number of hydroxylamine groups is 2. The molecule has 0 radical (unpaired) electrons. The first-order valence-corrected chi connectivity index (χ1v) is 47.2. The summed E-state index contributed by atoms with van der Waals surface area (Å²) in [5, 5.41) is 15.4. The molecule has 9 amide bonds. The Balaban J connectivity index is 0.758. The molecule has 708 valence electrons. The van der Waals surface area contributed by atoms with Gasteiger partial charge in [0.15, 0.2) is 12.0 Å². The van der Waals surface area contributed by atoms with Crippen molar-refractivity contribution >= 4 is 101 Å². The lowest BCUT2D eigenvalue weighted by Gasteiger charge is -2.61. The summed E-state index contributed by atoms with van der Waals surface area (Å²) >= 11 is 0. The van der Waals surface area contributed by atoms with Gasteiger partial charge in [-0.3, -0.25) is 58.4 Å². The molecule has 12 aromatic rings. The van der Waals surface area contributed by atoms with E-state index in [0.717, 1.165) is 106 Å². The predicted octanol–water partition coefficient (Wildman–Crippen LogP) is 12.1. The quantitative estimate of drug-likeness (QED) is 0.0171. The number of rotatable bonds is 35. The number of primary amides is 1. The van der Waals surface area contributed by atoms with Crippen molar-refractivity contribution in [1.29, 1.82) is 0 Å². The average Bonchev–Trinajstić information content (AvgIpc) is 0.698. The highest BCUT2D eigenvalue weighted by Gasteiger charge is 2.68. The summed E-state index contributed by atoms with van der Waals surface area (Å²) < 4.78 is 57.0. The highest BCUT2D eigenvalue weighted by molar-refractivity contribution is 7.88. The van der Waals surface area contributed by atoms with Crippen LogP contribution in [0.15, 0.2) is 218 Å². The number of likely N-dealkylation sites (tertiary alicyclic amines) is 2. The van der Waals surface area contributed by atoms with Gasteiger partial charge in [-0.15, -0.1) is 0 Å². The second-order valence-electron chi connectivity index (χ2n) is 36.1. The predicted molar refractivity (Wildman–Crippen MR) is 514 cm³/mol. The lowest BCUT2D eigenvalue weighted by molar-refractivity contribution is -0.283. The average molecular weight is 1860 g/mol. The van der Waals surface area contributed by atoms with Crippen LogP contribution in [0.4, 0.5) is 4.79 Å². The van der Waals surface area contributed by atoms with E-state index in [2.05, 4.69) is 57.1 Å². The summed E-state index contributed by atoms with van der Waals surface area (Å²) in [6.07, 6.45) is -1.78. The fraction of sp³-hybridized carbons (Fsp3) is 0.340. The standard InChI is InChI=1S/C103H114N16O16S/c1-10-47-117-48-43-100(44-49-117,63-107-92(121)71-29-37-79(38-30-71)131-58-75-53-67(3)111-87-24-16-12-20-83(75)87)97(126)114-134-90-56-102(46-50-118(90)98(127)116(7)8,65-109-94(123)73-33-41-81(42-34-73)133-60-77-55-69(5)113-89-26-18-14-22-85(77)89)103(135-115-96(125)99(6,105)62-106-91(120)70-27-35-78(36-28-70)130-57-74-52-66(2)110-86-23-15-11-19-82(74)86)61-101(95(104)124,45-51-119(103)136(9,128)129)64-108-93(122)72-31-39-80(40-32-72)132-59-76-54-68(4)112-88-25-17-13-21-84(76)88/h11-42,52-55,90H,10,43-51,56-65,105H2,1-9H3,(H2,104,124)(H,106,120)(H,107,121)(H,108,122)(H,109,123)(H,114,126)(H,115,125). The van der Waals surface area contributed by atoms with E-state index in [1.54, 1.807) is 60.7 Å². The number of amides is 9. The van der Waals surface area contributed by atoms with E-state index in [0.29, 0.717) is 42.6 Å². The number of para-hydroxylation sites is 4. The number of carbonyl (C=O) groups excluding carboxylic acids is 8. The van der Waals surface area contributed by atoms with Crippen molar-refractivity contribution < 1.29 is 75.4 Å². The van der Waals surface area contributed by atoms with Gasteiger partial charge in [0.1, 0.15) is 55.0 Å². The van der Waals surface area contributed by atoms with Crippen LogP contribution in [0.2, 0.25) is 0 Å². The number of pyridine rings is 4. The molecular formula is C103H114N16O16S. The zero-order valence-corrected chi connectivity index (χ0v) is 78.5. The molecule has 8 aromatic carbocycles. The minimum Gasteiger partial charge on any atom is -0.489 e. The Hall–Kier alpha value is -14.1. The number of urea groups is 1. The van der Waals surface area contributed by atoms with Crippen LogP contribution >= 0.6 is 0 Å². The third kappa shape index (κ3) is 22.0. The van der Waals surface area contributed by atoms with Gasteiger partial charge in [0.2, 0.25) is 15.9 Å². The van der Waals surface area contributed by atoms with E-state index in [-0.39, 0.29) is 74.5 Å². The third-order valence-electron chi connectivity index (χ3n) is 26.0. The van der Waals surface area contributed by atoms with E-state index in [1.807, 2.05) is 156 Å². The number of nitrogens with zero attached hydrogens (tertiary/aromatic N) is 8. The third-order valence-corrected chi connectivity index (χ3v) is 27.3. The molecule has 136 heavy (non-hydrogen) atoms. The topological polar surface area (TPSA) is 415 Å². The molecule has 0 saturated carbocycles. The van der Waals surface area contributed by atoms with E-state index in [4.69, 9.17) is 40.1 Å². The monoisotopic (exact) mass is 1860 g/mol. The van der Waals surface area contributed by atoms with Crippen molar-refractivity contribution in [1.82, 2.24) is 71.2 Å². The number of fused-ring (bicyclic) bond motifs is 4. The van der Waals surface area contributed by atoms with Gasteiger partial charge in [0.05, 0.1) is 39.2 Å². The molecule has 3 aliphatic heterocycles. The van der Waals surface area contributed by atoms with Gasteiger partial charge in [-0.25, -0.2) is 33.8 Å². The van der Waals surface area contributed by atoms with E-state index < -0.39 is 143 Å². The largest absolute Gasteiger partial charge is 0.489 e. The van der Waals surface area contributed by atoms with Crippen LogP contribution in [-0.4, -0.2) is 191 Å². The van der Waals surface area contributed by atoms with Crippen LogP contribution in [0.25, 0.3) is 43.6 Å². The Kier molecular flexibility index (Phi) is 29.4. The zero-order chi connectivity index (χ0) is 96.3. The molecule has 0 bridgehead atoms. The molecule has 5 atom stereocenters. The van der Waals surface area contributed by atoms with Gasteiger partial charge < -0.3 is 61.5 Å². The number of nitrogens with one attached hydrogen (secondary N) is 6. The Bertz CT molecular complexity index is 6590. The van der Waals surface area contributed by atoms with Crippen LogP contribution < -0.4 is 62.6 Å². The van der Waals surface area contributed by atoms with Gasteiger partial charge in [-0.1, -0.05) is 79.7 Å². The SMILES string of the molecule is CCCN1CCC(CNC(=O)c2ccc(OCc3cc(C)nc4ccccc34)cc2)(C(=O)NOC2CC(CNC(=O)c3ccc(OCc4cc(C)nc5ccccc45)cc3)(C3(ONC(=O)C(C)(N)CNC(=O)c4ccc(OCc5cc(C)nc6ccccc56)cc4)CC(CNC(=O)c4ccc(OCc5cc(C)nc6ccccc56)cc4)(C(N)=O)CCN3S(C)(=O)=O)CCN2C(=O)N(C)C)CC1. The minimum atomic E-state index is -4.76. The van der Waals surface area contributed by atoms with Crippen molar-refractivity contribution in [3.63, 3.8) is 0 Å². The van der Waals surface area contributed by atoms with Gasteiger partial charge in [0, 0.05) is 160 Å². The number of aryl methyl sites for hydroxylation is 4. The molecule has 32 nitrogen and oxygen atoms in total. The molecule has 7 heterocycles. The van der Waals surface area contributed by atoms with Crippen LogP contribution in [0.3, 0.4) is 0 Å². The van der Waals surface area contributed by atoms with Crippen molar-refractivity contribution in [2.75, 3.05) is 79.3 Å². The summed E-state index contributed by atoms with van der Waals surface area (Å²) in [5.74, 6) is -3.72. The van der Waals surface area contributed by atoms with Gasteiger partial charge in [-0.2, -0.15) is 4.31 Å². The molecule has 15 rings (SSSR count). The first-order valence-electron chi connectivity index (χ1n) is 45.4. The summed E-state index contributed by atoms with van der Waals surface area (Å²) in [4.78, 5) is 158. The van der Waals surface area contributed by atoms with Crippen molar-refractivity contribution in [2.24, 2.45) is 27.7 Å². The summed E-state index contributed by atoms with van der Waals surface area (Å²) in [5.41, 5.74) is 19.2. The molecule has 0 aliphatic carbocycles. The summed E-state index contributed by atoms with van der Waals surface area (Å²) in [7, 11) is -1.77. The molecule has 4 aromatic heterocycles. The number of hydrogen-bond acceptors (Lipinski definition) is 22. The Labute approximate surface area is 789 Å². The smallest absolute Gasteiger partial charge is 0.321 e. The van der Waals surface area contributed by atoms with Gasteiger partial charge in [-0.05, 0) is 232 Å². The fourth-order valence-electron chi connectivity index (χ4n) is 18.4. The number of ether oxygens (including phenoxy) is 4. The van der Waals surface area contributed by atoms with Crippen LogP contribution in [0.5, 0.6) is 23.0 Å². The minimum absolute atomic E-state index is 0.0792. The fourth-order valence-corrected chi connectivity index (χ4v) is 19.7. The second kappa shape index (κ2) is 41.4. The second-order valence-corrected chi connectivity index (χ2v) is 38.0. The van der Waals surface area contributed by atoms with E-state index in [9.17, 15) is 14.4 Å². The molecule has 10 N–H and O–H groups in total. The lowest BCUT2D eigenvalue weighted by atomic mass is 9.61. The van der Waals surface area contributed by atoms with E-state index >= 15 is 32.4 Å². The zero-order valence-electron chi connectivity index (χ0n) is 77.7. The first-order chi connectivity index (χ1) is 65.2. The molecule has 3 saturated heterocycles. The highest BCUT2D eigenvalue weighted by atomic mass is 32.2. The number of nitrogens with two attached hydrogens (primary N) is 2. The molecule has 3 fully saturated rings. The Morgan fingerprint density at radius 3 is 1.21 bits per heavy atom. The molecular weight excluding hydrogens is 1750 g/mol. The van der Waals surface area contributed by atoms with Crippen LogP contribution in [-0.2, 0) is 60.5 Å². The molecule has 33 heteroatoms. The van der Waals surface area contributed by atoms with Gasteiger partial charge >= 0.3 is 6.03 Å². The van der Waals surface area contributed by atoms with E-state index in [1.165, 1.54) is 67.2 Å². The maximum Gasteiger partial charge on any atom is 0.321 e. The number of carbonyl (C=O) groups is 8. The Morgan fingerprint density at radius 1 is 0.478 bits per heavy atom. The molecule has 3 aliphatic rings. The van der Waals surface area contributed by atoms with Crippen LogP contribution in [0.1, 0.15) is 145 Å². The van der Waals surface area contributed by atoms with Crippen molar-refractivity contribution in [3.05, 3.63) is 286 Å². The maximum atomic E-state index is 15.8. The van der Waals surface area contributed by atoms with Crippen molar-refractivity contribution in [3.8, 4) is 23.0 Å². The summed E-state index contributed by atoms with van der Waals surface area (Å²) in [6, 6.07) is 63.4. The Morgan fingerprint density at radius 2 is 0.838 bits per heavy atom. The highest BCUT2D eigenvalue weighted by Crippen LogP contribution is 2.56. The van der Waals surface area contributed by atoms with Gasteiger partial charge in [0.25, 0.3) is 35.4 Å². The number of hydrogen-bond donors (Lipinski definition) is 8. The lowest BCUT2D eigenvalue weighted by Crippen LogP contribution is -2.76. The number of benzene rings is 8. The summed E-state index contributed by atoms with van der Waals surface area (Å²) in [6.45, 7) is 10.2. The first kappa shape index (κ1) is 96.5. The number of aromatic nitrogens is 4. The van der Waals surface area contributed by atoms with Crippen molar-refractivity contribution in [2.45, 2.75) is 130 Å². The molecule has 5 unspecified atom stereocenters. The molecule has 0 spiro atoms. The number of sulfonamides is 1. The number of piperidine rings is 3. The maximum absolute atomic E-state index is 15.8.